The third kappa shape index (κ3) is 5.20. The van der Waals surface area contributed by atoms with E-state index in [1.807, 2.05) is 49.4 Å². The molecule has 0 bridgehead atoms. The summed E-state index contributed by atoms with van der Waals surface area (Å²) in [6.45, 7) is 3.24. The number of nitrogens with zero attached hydrogens (tertiary/aromatic N) is 1. The number of fused-ring (bicyclic) bond motifs is 1. The first-order valence-corrected chi connectivity index (χ1v) is 12.7. The molecule has 0 spiro atoms. The van der Waals surface area contributed by atoms with Gasteiger partial charge in [0.15, 0.2) is 0 Å². The van der Waals surface area contributed by atoms with E-state index < -0.39 is 10.0 Å². The number of aryl methyl sites for hydroxylation is 1. The maximum absolute atomic E-state index is 13.1. The van der Waals surface area contributed by atoms with E-state index in [9.17, 15) is 13.2 Å². The minimum Gasteiger partial charge on any atom is -0.496 e. The number of piperidine rings is 1. The molecular formula is C26H30N2O4S. The van der Waals surface area contributed by atoms with Crippen molar-refractivity contribution >= 4 is 26.7 Å². The Morgan fingerprint density at radius 3 is 2.48 bits per heavy atom. The predicted octanol–water partition coefficient (Wildman–Crippen LogP) is 3.92. The molecular weight excluding hydrogens is 436 g/mol. The first-order valence-electron chi connectivity index (χ1n) is 11.3. The zero-order chi connectivity index (χ0) is 23.4. The zero-order valence-electron chi connectivity index (χ0n) is 19.1. The third-order valence-corrected chi connectivity index (χ3v) is 8.21. The number of amides is 1. The molecule has 0 atom stereocenters. The van der Waals surface area contributed by atoms with Crippen molar-refractivity contribution < 1.29 is 17.9 Å². The van der Waals surface area contributed by atoms with Crippen LogP contribution in [-0.4, -0.2) is 45.4 Å². The Kier molecular flexibility index (Phi) is 7.00. The average molecular weight is 467 g/mol. The molecule has 0 aromatic heterocycles. The molecule has 33 heavy (non-hydrogen) atoms. The predicted molar refractivity (Wildman–Crippen MR) is 130 cm³/mol. The fourth-order valence-corrected chi connectivity index (χ4v) is 5.91. The number of rotatable bonds is 7. The summed E-state index contributed by atoms with van der Waals surface area (Å²) in [7, 11) is -1.93. The van der Waals surface area contributed by atoms with Crippen molar-refractivity contribution in [2.24, 2.45) is 5.92 Å². The minimum absolute atomic E-state index is 0.00984. The monoisotopic (exact) mass is 466 g/mol. The van der Waals surface area contributed by atoms with E-state index in [1.54, 1.807) is 19.2 Å². The van der Waals surface area contributed by atoms with Crippen molar-refractivity contribution in [1.29, 1.82) is 0 Å². The first kappa shape index (κ1) is 23.3. The van der Waals surface area contributed by atoms with Crippen LogP contribution in [0.4, 0.5) is 0 Å². The van der Waals surface area contributed by atoms with E-state index in [0.717, 1.165) is 27.6 Å². The van der Waals surface area contributed by atoms with Crippen LogP contribution in [0.2, 0.25) is 0 Å². The van der Waals surface area contributed by atoms with E-state index >= 15 is 0 Å². The SMILES string of the molecule is COc1ccc(C)cc1CCNC(=O)C1CCN(S(=O)(=O)c2ccc3ccccc3c2)CC1. The largest absolute Gasteiger partial charge is 0.496 e. The van der Waals surface area contributed by atoms with Crippen LogP contribution in [0, 0.1) is 12.8 Å². The molecule has 4 rings (SSSR count). The quantitative estimate of drug-likeness (QED) is 0.573. The molecule has 1 saturated heterocycles. The molecule has 0 unspecified atom stereocenters. The van der Waals surface area contributed by atoms with Gasteiger partial charge in [0, 0.05) is 25.6 Å². The van der Waals surface area contributed by atoms with Gasteiger partial charge in [-0.1, -0.05) is 48.0 Å². The van der Waals surface area contributed by atoms with Gasteiger partial charge in [0.1, 0.15) is 5.75 Å². The van der Waals surface area contributed by atoms with Crippen LogP contribution in [0.15, 0.2) is 65.6 Å². The van der Waals surface area contributed by atoms with Gasteiger partial charge >= 0.3 is 0 Å². The molecule has 1 N–H and O–H groups in total. The summed E-state index contributed by atoms with van der Waals surface area (Å²) in [5.74, 6) is 0.638. The number of nitrogens with one attached hydrogen (secondary N) is 1. The van der Waals surface area contributed by atoms with Gasteiger partial charge in [-0.25, -0.2) is 8.42 Å². The van der Waals surface area contributed by atoms with E-state index in [1.165, 1.54) is 4.31 Å². The van der Waals surface area contributed by atoms with Crippen LogP contribution >= 0.6 is 0 Å². The number of ether oxygens (including phenoxy) is 1. The highest BCUT2D eigenvalue weighted by Gasteiger charge is 2.32. The van der Waals surface area contributed by atoms with Gasteiger partial charge in [0.05, 0.1) is 12.0 Å². The molecule has 6 nitrogen and oxygen atoms in total. The fourth-order valence-electron chi connectivity index (χ4n) is 4.40. The van der Waals surface area contributed by atoms with Crippen molar-refractivity contribution in [1.82, 2.24) is 9.62 Å². The van der Waals surface area contributed by atoms with Crippen molar-refractivity contribution in [3.8, 4) is 5.75 Å². The van der Waals surface area contributed by atoms with E-state index in [2.05, 4.69) is 11.4 Å². The number of carbonyl (C=O) groups excluding carboxylic acids is 1. The highest BCUT2D eigenvalue weighted by Crippen LogP contribution is 2.26. The lowest BCUT2D eigenvalue weighted by atomic mass is 9.97. The fraction of sp³-hybridized carbons (Fsp3) is 0.346. The Labute approximate surface area is 195 Å². The van der Waals surface area contributed by atoms with Crippen LogP contribution in [0.3, 0.4) is 0 Å². The van der Waals surface area contributed by atoms with E-state index in [-0.39, 0.29) is 11.8 Å². The molecule has 1 aliphatic rings. The normalized spacial score (nSPS) is 15.5. The topological polar surface area (TPSA) is 75.7 Å². The molecule has 3 aromatic carbocycles. The summed E-state index contributed by atoms with van der Waals surface area (Å²) in [4.78, 5) is 13.0. The van der Waals surface area contributed by atoms with Gasteiger partial charge in [0.25, 0.3) is 0 Å². The van der Waals surface area contributed by atoms with Crippen LogP contribution in [-0.2, 0) is 21.2 Å². The second-order valence-corrected chi connectivity index (χ2v) is 10.5. The van der Waals surface area contributed by atoms with Crippen molar-refractivity contribution in [2.75, 3.05) is 26.7 Å². The second-order valence-electron chi connectivity index (χ2n) is 8.54. The van der Waals surface area contributed by atoms with Crippen LogP contribution < -0.4 is 10.1 Å². The summed E-state index contributed by atoms with van der Waals surface area (Å²) in [5.41, 5.74) is 2.21. The molecule has 1 amide bonds. The molecule has 1 aliphatic heterocycles. The maximum atomic E-state index is 13.1. The molecule has 0 saturated carbocycles. The van der Waals surface area contributed by atoms with Crippen LogP contribution in [0.25, 0.3) is 10.8 Å². The van der Waals surface area contributed by atoms with Crippen molar-refractivity contribution in [2.45, 2.75) is 31.1 Å². The maximum Gasteiger partial charge on any atom is 0.243 e. The lowest BCUT2D eigenvalue weighted by molar-refractivity contribution is -0.126. The van der Waals surface area contributed by atoms with Gasteiger partial charge in [0.2, 0.25) is 15.9 Å². The Morgan fingerprint density at radius 2 is 1.76 bits per heavy atom. The molecule has 1 fully saturated rings. The molecule has 0 radical (unpaired) electrons. The van der Waals surface area contributed by atoms with Gasteiger partial charge in [-0.05, 0) is 60.7 Å². The van der Waals surface area contributed by atoms with E-state index in [4.69, 9.17) is 4.74 Å². The minimum atomic E-state index is -3.58. The summed E-state index contributed by atoms with van der Waals surface area (Å²) in [5, 5.41) is 4.92. The Hall–Kier alpha value is -2.90. The second kappa shape index (κ2) is 9.93. The third-order valence-electron chi connectivity index (χ3n) is 6.31. The zero-order valence-corrected chi connectivity index (χ0v) is 19.9. The lowest BCUT2D eigenvalue weighted by Crippen LogP contribution is -2.43. The smallest absolute Gasteiger partial charge is 0.243 e. The Bertz CT molecular complexity index is 1250. The van der Waals surface area contributed by atoms with Gasteiger partial charge in [-0.3, -0.25) is 4.79 Å². The molecule has 1 heterocycles. The Morgan fingerprint density at radius 1 is 1.03 bits per heavy atom. The van der Waals surface area contributed by atoms with Crippen LogP contribution in [0.5, 0.6) is 5.75 Å². The Balaban J connectivity index is 1.32. The van der Waals surface area contributed by atoms with Crippen molar-refractivity contribution in [3.05, 3.63) is 71.8 Å². The molecule has 174 valence electrons. The lowest BCUT2D eigenvalue weighted by Gasteiger charge is -2.30. The standard InChI is InChI=1S/C26H30N2O4S/c1-19-7-10-25(32-2)23(17-19)11-14-27-26(29)21-12-15-28(16-13-21)33(30,31)24-9-8-20-5-3-4-6-22(20)18-24/h3-10,17-18,21H,11-16H2,1-2H3,(H,27,29). The van der Waals surface area contributed by atoms with Gasteiger partial charge in [-0.2, -0.15) is 4.31 Å². The number of benzene rings is 3. The summed E-state index contributed by atoms with van der Waals surface area (Å²) >= 11 is 0. The molecule has 7 heteroatoms. The van der Waals surface area contributed by atoms with E-state index in [0.29, 0.717) is 43.8 Å². The highest BCUT2D eigenvalue weighted by molar-refractivity contribution is 7.89. The summed E-state index contributed by atoms with van der Waals surface area (Å²) < 4.78 is 33.2. The highest BCUT2D eigenvalue weighted by atomic mass is 32.2. The van der Waals surface area contributed by atoms with Crippen molar-refractivity contribution in [3.63, 3.8) is 0 Å². The number of methoxy groups -OCH3 is 1. The summed E-state index contributed by atoms with van der Waals surface area (Å²) in [6, 6.07) is 19.0. The number of carbonyl (C=O) groups is 1. The average Bonchev–Trinajstić information content (AvgIpc) is 2.84. The van der Waals surface area contributed by atoms with Gasteiger partial charge in [-0.15, -0.1) is 0 Å². The molecule has 0 aliphatic carbocycles. The number of sulfonamides is 1. The number of hydrogen-bond donors (Lipinski definition) is 1. The van der Waals surface area contributed by atoms with Crippen LogP contribution in [0.1, 0.15) is 24.0 Å². The first-order chi connectivity index (χ1) is 15.9. The molecule has 3 aromatic rings. The van der Waals surface area contributed by atoms with Gasteiger partial charge < -0.3 is 10.1 Å². The number of hydrogen-bond acceptors (Lipinski definition) is 4. The summed E-state index contributed by atoms with van der Waals surface area (Å²) in [6.07, 6.45) is 1.73.